The lowest BCUT2D eigenvalue weighted by molar-refractivity contribution is 0.0461. The number of fused-ring (bicyclic) bond motifs is 3. The van der Waals surface area contributed by atoms with E-state index in [-0.39, 0.29) is 22.8 Å². The summed E-state index contributed by atoms with van der Waals surface area (Å²) >= 11 is 13.2. The number of carbonyl (C=O) groups excluding carboxylic acids is 1. The van der Waals surface area contributed by atoms with Gasteiger partial charge in [-0.3, -0.25) is 13.8 Å². The van der Waals surface area contributed by atoms with Gasteiger partial charge in [-0.15, -0.1) is 21.5 Å². The van der Waals surface area contributed by atoms with Gasteiger partial charge in [-0.05, 0) is 29.6 Å². The fourth-order valence-electron chi connectivity index (χ4n) is 2.61. The second kappa shape index (κ2) is 6.39. The number of carbonyl (C=O) groups is 1. The molecule has 0 bridgehead atoms. The van der Waals surface area contributed by atoms with E-state index in [1.165, 1.54) is 28.0 Å². The van der Waals surface area contributed by atoms with Crippen molar-refractivity contribution in [1.29, 1.82) is 0 Å². The summed E-state index contributed by atoms with van der Waals surface area (Å²) in [4.78, 5) is 24.6. The van der Waals surface area contributed by atoms with Crippen LogP contribution < -0.4 is 5.56 Å². The minimum atomic E-state index is -0.602. The highest BCUT2D eigenvalue weighted by Gasteiger charge is 2.18. The molecule has 10 heteroatoms. The number of hydrogen-bond donors (Lipinski definition) is 0. The second-order valence-electron chi connectivity index (χ2n) is 5.45. The molecular weight excluding hydrogens is 399 g/mol. The Balaban J connectivity index is 1.70. The number of benzene rings is 1. The standard InChI is InChI=1S/C16H10Cl2N4O3S/c1-21-14(23)13-11(4-5-26-13)22-12(19-20-16(21)22)7-25-15(24)9-3-2-8(17)6-10(9)18/h2-6H,7H2,1H3. The van der Waals surface area contributed by atoms with Gasteiger partial charge in [-0.2, -0.15) is 0 Å². The number of aromatic nitrogens is 4. The van der Waals surface area contributed by atoms with Gasteiger partial charge in [0.1, 0.15) is 4.70 Å². The van der Waals surface area contributed by atoms with Crippen LogP contribution in [0.2, 0.25) is 10.0 Å². The maximum atomic E-state index is 12.3. The summed E-state index contributed by atoms with van der Waals surface area (Å²) in [5.41, 5.74) is 0.734. The van der Waals surface area contributed by atoms with Gasteiger partial charge in [0.25, 0.3) is 5.56 Å². The van der Waals surface area contributed by atoms with Crippen molar-refractivity contribution in [2.75, 3.05) is 0 Å². The van der Waals surface area contributed by atoms with E-state index < -0.39 is 5.97 Å². The fraction of sp³-hybridized carbons (Fsp3) is 0.125. The monoisotopic (exact) mass is 408 g/mol. The summed E-state index contributed by atoms with van der Waals surface area (Å²) in [6.45, 7) is -0.123. The molecule has 7 nitrogen and oxygen atoms in total. The first-order chi connectivity index (χ1) is 12.5. The minimum absolute atomic E-state index is 0.123. The van der Waals surface area contributed by atoms with Crippen LogP contribution in [0.3, 0.4) is 0 Å². The van der Waals surface area contributed by atoms with Gasteiger partial charge < -0.3 is 4.74 Å². The zero-order chi connectivity index (χ0) is 18.4. The van der Waals surface area contributed by atoms with E-state index in [9.17, 15) is 9.59 Å². The Morgan fingerprint density at radius 2 is 2.08 bits per heavy atom. The Kier molecular flexibility index (Phi) is 4.18. The predicted octanol–water partition coefficient (Wildman–Crippen LogP) is 3.31. The van der Waals surface area contributed by atoms with E-state index in [4.69, 9.17) is 27.9 Å². The average Bonchev–Trinajstić information content (AvgIpc) is 3.24. The van der Waals surface area contributed by atoms with Crippen LogP contribution in [0.15, 0.2) is 34.4 Å². The van der Waals surface area contributed by atoms with Crippen LogP contribution in [0.25, 0.3) is 16.0 Å². The number of halogens is 2. The van der Waals surface area contributed by atoms with E-state index in [0.717, 1.165) is 0 Å². The number of ether oxygens (including phenoxy) is 1. The van der Waals surface area contributed by atoms with Gasteiger partial charge >= 0.3 is 5.97 Å². The lowest BCUT2D eigenvalue weighted by Gasteiger charge is -2.07. The molecule has 0 atom stereocenters. The zero-order valence-corrected chi connectivity index (χ0v) is 15.6. The summed E-state index contributed by atoms with van der Waals surface area (Å²) in [6, 6.07) is 6.33. The smallest absolute Gasteiger partial charge is 0.340 e. The predicted molar refractivity (Wildman–Crippen MR) is 99.2 cm³/mol. The lowest BCUT2D eigenvalue weighted by atomic mass is 10.2. The Morgan fingerprint density at radius 3 is 2.85 bits per heavy atom. The molecule has 0 aliphatic heterocycles. The van der Waals surface area contributed by atoms with Crippen LogP contribution >= 0.6 is 34.5 Å². The summed E-state index contributed by atoms with van der Waals surface area (Å²) < 4.78 is 9.01. The largest absolute Gasteiger partial charge is 0.454 e. The highest BCUT2D eigenvalue weighted by molar-refractivity contribution is 7.17. The molecule has 0 saturated carbocycles. The molecule has 0 aliphatic carbocycles. The topological polar surface area (TPSA) is 78.5 Å². The Bertz CT molecular complexity index is 1230. The van der Waals surface area contributed by atoms with Crippen LogP contribution in [-0.4, -0.2) is 25.1 Å². The van der Waals surface area contributed by atoms with Crippen molar-refractivity contribution >= 4 is 56.5 Å². The third-order valence-electron chi connectivity index (χ3n) is 3.88. The summed E-state index contributed by atoms with van der Waals surface area (Å²) in [5.74, 6) is 0.170. The molecule has 4 aromatic rings. The van der Waals surface area contributed by atoms with Crippen LogP contribution in [-0.2, 0) is 18.4 Å². The molecule has 0 radical (unpaired) electrons. The van der Waals surface area contributed by atoms with Gasteiger partial charge in [0.05, 0.1) is 16.1 Å². The van der Waals surface area contributed by atoms with Crippen molar-refractivity contribution in [2.45, 2.75) is 6.61 Å². The van der Waals surface area contributed by atoms with Crippen LogP contribution in [0.4, 0.5) is 0 Å². The second-order valence-corrected chi connectivity index (χ2v) is 7.21. The molecule has 0 saturated heterocycles. The van der Waals surface area contributed by atoms with E-state index in [0.29, 0.717) is 26.8 Å². The van der Waals surface area contributed by atoms with Crippen molar-refractivity contribution in [3.8, 4) is 0 Å². The Labute approximate surface area is 160 Å². The van der Waals surface area contributed by atoms with Crippen molar-refractivity contribution in [2.24, 2.45) is 7.05 Å². The summed E-state index contributed by atoms with van der Waals surface area (Å²) in [6.07, 6.45) is 0. The molecule has 3 aromatic heterocycles. The summed E-state index contributed by atoms with van der Waals surface area (Å²) in [5, 5.41) is 10.5. The van der Waals surface area contributed by atoms with E-state index in [1.54, 1.807) is 23.6 Å². The minimum Gasteiger partial charge on any atom is -0.454 e. The molecule has 0 N–H and O–H groups in total. The van der Waals surface area contributed by atoms with Crippen molar-refractivity contribution in [3.05, 3.63) is 61.4 Å². The number of esters is 1. The van der Waals surface area contributed by atoms with Gasteiger partial charge in [0, 0.05) is 12.1 Å². The molecule has 4 rings (SSSR count). The Morgan fingerprint density at radius 1 is 1.27 bits per heavy atom. The molecule has 0 aliphatic rings. The molecule has 0 amide bonds. The highest BCUT2D eigenvalue weighted by Crippen LogP contribution is 2.23. The molecular formula is C16H10Cl2N4O3S. The highest BCUT2D eigenvalue weighted by atomic mass is 35.5. The van der Waals surface area contributed by atoms with Gasteiger partial charge in [0.15, 0.2) is 12.4 Å². The average molecular weight is 409 g/mol. The van der Waals surface area contributed by atoms with Crippen LogP contribution in [0, 0.1) is 0 Å². The molecule has 3 heterocycles. The zero-order valence-electron chi connectivity index (χ0n) is 13.3. The van der Waals surface area contributed by atoms with Gasteiger partial charge in [-0.1, -0.05) is 23.2 Å². The van der Waals surface area contributed by atoms with Crippen molar-refractivity contribution in [3.63, 3.8) is 0 Å². The number of nitrogens with zero attached hydrogens (tertiary/aromatic N) is 4. The quantitative estimate of drug-likeness (QED) is 0.485. The van der Waals surface area contributed by atoms with Gasteiger partial charge in [-0.25, -0.2) is 4.79 Å². The number of rotatable bonds is 3. The maximum absolute atomic E-state index is 12.3. The first-order valence-corrected chi connectivity index (χ1v) is 9.03. The molecule has 1 aromatic carbocycles. The number of thiophene rings is 1. The van der Waals surface area contributed by atoms with Crippen LogP contribution in [0.5, 0.6) is 0 Å². The molecule has 26 heavy (non-hydrogen) atoms. The summed E-state index contributed by atoms with van der Waals surface area (Å²) in [7, 11) is 1.62. The SMILES string of the molecule is Cn1c(=O)c2sccc2n2c(COC(=O)c3ccc(Cl)cc3Cl)nnc12. The van der Waals surface area contributed by atoms with Crippen molar-refractivity contribution in [1.82, 2.24) is 19.2 Å². The maximum Gasteiger partial charge on any atom is 0.340 e. The fourth-order valence-corrected chi connectivity index (χ4v) is 3.95. The third kappa shape index (κ3) is 2.66. The Hall–Kier alpha value is -2.42. The first kappa shape index (κ1) is 17.0. The van der Waals surface area contributed by atoms with Crippen LogP contribution in [0.1, 0.15) is 16.2 Å². The molecule has 0 unspecified atom stereocenters. The van der Waals surface area contributed by atoms with E-state index >= 15 is 0 Å². The molecule has 0 fully saturated rings. The van der Waals surface area contributed by atoms with E-state index in [1.807, 2.05) is 5.38 Å². The normalized spacial score (nSPS) is 11.3. The van der Waals surface area contributed by atoms with Crippen molar-refractivity contribution < 1.29 is 9.53 Å². The molecule has 0 spiro atoms. The number of hydrogen-bond acceptors (Lipinski definition) is 6. The number of aryl methyl sites for hydroxylation is 1. The molecule has 132 valence electrons. The van der Waals surface area contributed by atoms with E-state index in [2.05, 4.69) is 10.2 Å². The first-order valence-electron chi connectivity index (χ1n) is 7.39. The lowest BCUT2D eigenvalue weighted by Crippen LogP contribution is -2.19. The van der Waals surface area contributed by atoms with Gasteiger partial charge in [0.2, 0.25) is 5.78 Å². The third-order valence-corrected chi connectivity index (χ3v) is 5.32.